The predicted molar refractivity (Wildman–Crippen MR) is 63.6 cm³/mol. The second-order valence-corrected chi connectivity index (χ2v) is 4.42. The van der Waals surface area contributed by atoms with Gasteiger partial charge in [0.15, 0.2) is 0 Å². The summed E-state index contributed by atoms with van der Waals surface area (Å²) >= 11 is 0. The van der Waals surface area contributed by atoms with Gasteiger partial charge in [-0.2, -0.15) is 10.5 Å². The Morgan fingerprint density at radius 3 is 2.25 bits per heavy atom. The molecule has 1 rings (SSSR count). The molecule has 82 valence electrons. The molecule has 1 unspecified atom stereocenters. The lowest BCUT2D eigenvalue weighted by Crippen LogP contribution is -2.21. The first kappa shape index (κ1) is 12.3. The van der Waals surface area contributed by atoms with Crippen LogP contribution in [0.15, 0.2) is 24.3 Å². The summed E-state index contributed by atoms with van der Waals surface area (Å²) in [6.45, 7) is 4.10. The third-order valence-corrected chi connectivity index (χ3v) is 3.01. The van der Waals surface area contributed by atoms with Crippen LogP contribution >= 0.6 is 0 Å². The minimum atomic E-state index is -0.196. The van der Waals surface area contributed by atoms with Crippen molar-refractivity contribution in [1.29, 1.82) is 10.5 Å². The topological polar surface area (TPSA) is 47.6 Å². The van der Waals surface area contributed by atoms with Crippen LogP contribution in [0.3, 0.4) is 0 Å². The van der Waals surface area contributed by atoms with E-state index in [1.807, 2.05) is 6.92 Å². The van der Waals surface area contributed by atoms with Crippen LogP contribution in [-0.4, -0.2) is 0 Å². The molecule has 0 heterocycles. The Hall–Kier alpha value is -1.80. The van der Waals surface area contributed by atoms with Crippen LogP contribution in [0, 0.1) is 29.6 Å². The van der Waals surface area contributed by atoms with Crippen LogP contribution in [-0.2, 0) is 5.41 Å². The van der Waals surface area contributed by atoms with E-state index in [4.69, 9.17) is 10.5 Å². The Morgan fingerprint density at radius 2 is 1.75 bits per heavy atom. The van der Waals surface area contributed by atoms with Gasteiger partial charge in [-0.1, -0.05) is 36.8 Å². The summed E-state index contributed by atoms with van der Waals surface area (Å²) in [5.74, 6) is 0. The quantitative estimate of drug-likeness (QED) is 0.767. The maximum Gasteiger partial charge on any atom is 0.0631 e. The molecule has 0 aliphatic heterocycles. The Labute approximate surface area is 97.1 Å². The van der Waals surface area contributed by atoms with Crippen molar-refractivity contribution >= 4 is 0 Å². The lowest BCUT2D eigenvalue weighted by molar-refractivity contribution is 0.449. The third-order valence-electron chi connectivity index (χ3n) is 3.01. The number of rotatable bonds is 4. The highest BCUT2D eigenvalue weighted by Crippen LogP contribution is 2.32. The Morgan fingerprint density at radius 1 is 1.12 bits per heavy atom. The van der Waals surface area contributed by atoms with E-state index in [9.17, 15) is 0 Å². The molecule has 1 aromatic rings. The largest absolute Gasteiger partial charge is 0.198 e. The van der Waals surface area contributed by atoms with Crippen LogP contribution in [0.25, 0.3) is 0 Å². The SMILES string of the molecule is Cc1ccc(C(C)(CC#N)CCC#N)cc1. The van der Waals surface area contributed by atoms with Gasteiger partial charge in [-0.15, -0.1) is 0 Å². The number of nitrogens with zero attached hydrogens (tertiary/aromatic N) is 2. The van der Waals surface area contributed by atoms with Crippen LogP contribution in [0.4, 0.5) is 0 Å². The van der Waals surface area contributed by atoms with E-state index in [2.05, 4.69) is 43.3 Å². The molecule has 0 bridgehead atoms. The highest BCUT2D eigenvalue weighted by Gasteiger charge is 2.25. The van der Waals surface area contributed by atoms with Gasteiger partial charge in [0.1, 0.15) is 0 Å². The van der Waals surface area contributed by atoms with Crippen molar-refractivity contribution in [3.63, 3.8) is 0 Å². The van der Waals surface area contributed by atoms with Gasteiger partial charge in [0.25, 0.3) is 0 Å². The zero-order valence-electron chi connectivity index (χ0n) is 9.83. The van der Waals surface area contributed by atoms with Gasteiger partial charge < -0.3 is 0 Å². The van der Waals surface area contributed by atoms with Crippen molar-refractivity contribution < 1.29 is 0 Å². The maximum absolute atomic E-state index is 8.88. The van der Waals surface area contributed by atoms with Gasteiger partial charge in [-0.05, 0) is 18.9 Å². The van der Waals surface area contributed by atoms with Crippen LogP contribution in [0.5, 0.6) is 0 Å². The highest BCUT2D eigenvalue weighted by atomic mass is 14.3. The fraction of sp³-hybridized carbons (Fsp3) is 0.429. The van der Waals surface area contributed by atoms with E-state index in [1.54, 1.807) is 0 Å². The summed E-state index contributed by atoms with van der Waals surface area (Å²) in [7, 11) is 0. The molecular formula is C14H16N2. The molecule has 0 N–H and O–H groups in total. The van der Waals surface area contributed by atoms with Gasteiger partial charge in [0.2, 0.25) is 0 Å². The molecule has 0 aromatic heterocycles. The normalized spacial score (nSPS) is 13.5. The fourth-order valence-electron chi connectivity index (χ4n) is 1.80. The van der Waals surface area contributed by atoms with Crippen molar-refractivity contribution in [1.82, 2.24) is 0 Å². The Bertz CT molecular complexity index is 420. The monoisotopic (exact) mass is 212 g/mol. The molecule has 1 aromatic carbocycles. The van der Waals surface area contributed by atoms with Crippen LogP contribution < -0.4 is 0 Å². The molecule has 0 aliphatic carbocycles. The van der Waals surface area contributed by atoms with E-state index < -0.39 is 0 Å². The van der Waals surface area contributed by atoms with Crippen molar-refractivity contribution in [3.05, 3.63) is 35.4 Å². The zero-order valence-corrected chi connectivity index (χ0v) is 9.83. The van der Waals surface area contributed by atoms with E-state index in [1.165, 1.54) is 5.56 Å². The smallest absolute Gasteiger partial charge is 0.0631 e. The standard InChI is InChI=1S/C14H16N2/c1-12-4-6-13(7-5-12)14(2,9-11-16)8-3-10-15/h4-7H,3,8-9H2,1-2H3. The molecule has 2 heteroatoms. The van der Waals surface area contributed by atoms with Crippen molar-refractivity contribution in [3.8, 4) is 12.1 Å². The Balaban J connectivity index is 2.97. The van der Waals surface area contributed by atoms with Crippen molar-refractivity contribution in [2.45, 2.75) is 38.5 Å². The van der Waals surface area contributed by atoms with Crippen LogP contribution in [0.2, 0.25) is 0 Å². The van der Waals surface area contributed by atoms with Gasteiger partial charge in [-0.25, -0.2) is 0 Å². The van der Waals surface area contributed by atoms with Gasteiger partial charge in [0.05, 0.1) is 12.1 Å². The summed E-state index contributed by atoms with van der Waals surface area (Å²) < 4.78 is 0. The average molecular weight is 212 g/mol. The molecule has 0 fully saturated rings. The van der Waals surface area contributed by atoms with Crippen LogP contribution in [0.1, 0.15) is 37.3 Å². The molecule has 0 saturated heterocycles. The first-order valence-corrected chi connectivity index (χ1v) is 5.43. The third kappa shape index (κ3) is 2.84. The summed E-state index contributed by atoms with van der Waals surface area (Å²) in [5, 5.41) is 17.5. The van der Waals surface area contributed by atoms with Gasteiger partial charge in [0, 0.05) is 18.3 Å². The summed E-state index contributed by atoms with van der Waals surface area (Å²) in [5.41, 5.74) is 2.16. The molecule has 0 saturated carbocycles. The van der Waals surface area contributed by atoms with E-state index in [0.717, 1.165) is 12.0 Å². The molecule has 1 atom stereocenters. The first-order valence-electron chi connectivity index (χ1n) is 5.43. The lowest BCUT2D eigenvalue weighted by atomic mass is 9.76. The molecule has 0 radical (unpaired) electrons. The Kier molecular flexibility index (Phi) is 4.09. The summed E-state index contributed by atoms with van der Waals surface area (Å²) in [6.07, 6.45) is 1.68. The minimum absolute atomic E-state index is 0.196. The molecule has 0 spiro atoms. The number of hydrogen-bond donors (Lipinski definition) is 0. The van der Waals surface area contributed by atoms with E-state index in [-0.39, 0.29) is 5.41 Å². The lowest BCUT2D eigenvalue weighted by Gasteiger charge is -2.26. The van der Waals surface area contributed by atoms with E-state index in [0.29, 0.717) is 12.8 Å². The highest BCUT2D eigenvalue weighted by molar-refractivity contribution is 5.29. The van der Waals surface area contributed by atoms with Crippen molar-refractivity contribution in [2.24, 2.45) is 0 Å². The maximum atomic E-state index is 8.88. The number of benzene rings is 1. The molecule has 0 amide bonds. The first-order chi connectivity index (χ1) is 7.62. The molecular weight excluding hydrogens is 196 g/mol. The minimum Gasteiger partial charge on any atom is -0.198 e. The molecule has 16 heavy (non-hydrogen) atoms. The number of aryl methyl sites for hydroxylation is 1. The molecule has 0 aliphatic rings. The van der Waals surface area contributed by atoms with Gasteiger partial charge >= 0.3 is 0 Å². The predicted octanol–water partition coefficient (Wildman–Crippen LogP) is 3.47. The second-order valence-electron chi connectivity index (χ2n) is 4.42. The molecule has 2 nitrogen and oxygen atoms in total. The zero-order chi connectivity index (χ0) is 12.0. The van der Waals surface area contributed by atoms with Gasteiger partial charge in [-0.3, -0.25) is 0 Å². The average Bonchev–Trinajstić information content (AvgIpc) is 2.27. The fourth-order valence-corrected chi connectivity index (χ4v) is 1.80. The van der Waals surface area contributed by atoms with E-state index >= 15 is 0 Å². The summed E-state index contributed by atoms with van der Waals surface area (Å²) in [4.78, 5) is 0. The number of nitriles is 2. The second kappa shape index (κ2) is 5.33. The summed E-state index contributed by atoms with van der Waals surface area (Å²) in [6, 6.07) is 12.6. The van der Waals surface area contributed by atoms with Crippen molar-refractivity contribution in [2.75, 3.05) is 0 Å². The number of hydrogen-bond acceptors (Lipinski definition) is 2.